The van der Waals surface area contributed by atoms with Crippen molar-refractivity contribution in [3.8, 4) is 0 Å². The maximum Gasteiger partial charge on any atom is 0.186 e. The van der Waals surface area contributed by atoms with E-state index in [0.29, 0.717) is 5.92 Å². The predicted molar refractivity (Wildman–Crippen MR) is 85.4 cm³/mol. The molecule has 0 amide bonds. The summed E-state index contributed by atoms with van der Waals surface area (Å²) in [6.07, 6.45) is 7.92. The summed E-state index contributed by atoms with van der Waals surface area (Å²) in [4.78, 5) is 0. The van der Waals surface area contributed by atoms with Gasteiger partial charge in [-0.05, 0) is 25.2 Å². The lowest BCUT2D eigenvalue weighted by Gasteiger charge is -2.46. The highest BCUT2D eigenvalue weighted by Gasteiger charge is 2.41. The minimum absolute atomic E-state index is 0.0632. The Morgan fingerprint density at radius 1 is 1.11 bits per heavy atom. The van der Waals surface area contributed by atoms with Crippen LogP contribution in [0.15, 0.2) is 0 Å². The molecule has 114 valence electrons. The molecule has 0 bridgehead atoms. The lowest BCUT2D eigenvalue weighted by Crippen LogP contribution is -2.57. The number of unbranched alkanes of at least 4 members (excludes halogenated alkanes) is 4. The van der Waals surface area contributed by atoms with Gasteiger partial charge in [0.15, 0.2) is 5.96 Å². The van der Waals surface area contributed by atoms with Crippen LogP contribution in [0.2, 0.25) is 0 Å². The molecule has 0 aromatic carbocycles. The monoisotopic (exact) mass is 269 g/mol. The number of hydrogen-bond acceptors (Lipinski definition) is 1. The molecule has 0 aliphatic heterocycles. The van der Waals surface area contributed by atoms with Crippen molar-refractivity contribution in [2.75, 3.05) is 0 Å². The maximum absolute atomic E-state index is 7.45. The molecule has 0 fully saturated rings. The fourth-order valence-electron chi connectivity index (χ4n) is 2.53. The van der Waals surface area contributed by atoms with Crippen molar-refractivity contribution in [3.63, 3.8) is 0 Å². The number of rotatable bonds is 9. The fraction of sp³-hybridized carbons (Fsp3) is 0.938. The molecular formula is C16H35N3. The molecule has 0 rings (SSSR count). The lowest BCUT2D eigenvalue weighted by atomic mass is 9.65. The number of nitrogens with one attached hydrogen (secondary N) is 2. The largest absolute Gasteiger partial charge is 0.370 e. The first kappa shape index (κ1) is 18.3. The Morgan fingerprint density at radius 2 is 1.63 bits per heavy atom. The topological polar surface area (TPSA) is 61.9 Å². The number of guanidine groups is 1. The van der Waals surface area contributed by atoms with Gasteiger partial charge in [0.25, 0.3) is 0 Å². The van der Waals surface area contributed by atoms with E-state index in [0.717, 1.165) is 0 Å². The third-order valence-corrected chi connectivity index (χ3v) is 5.03. The van der Waals surface area contributed by atoms with Crippen LogP contribution in [-0.2, 0) is 0 Å². The summed E-state index contributed by atoms with van der Waals surface area (Å²) in [6.45, 7) is 13.4. The van der Waals surface area contributed by atoms with Crippen LogP contribution in [0, 0.1) is 16.7 Å². The van der Waals surface area contributed by atoms with Crippen molar-refractivity contribution in [2.24, 2.45) is 17.1 Å². The molecular weight excluding hydrogens is 234 g/mol. The van der Waals surface area contributed by atoms with Crippen LogP contribution < -0.4 is 11.1 Å². The third kappa shape index (κ3) is 5.84. The van der Waals surface area contributed by atoms with E-state index >= 15 is 0 Å². The molecule has 19 heavy (non-hydrogen) atoms. The third-order valence-electron chi connectivity index (χ3n) is 5.03. The zero-order valence-corrected chi connectivity index (χ0v) is 13.9. The second kappa shape index (κ2) is 7.76. The van der Waals surface area contributed by atoms with Gasteiger partial charge in [0, 0.05) is 5.54 Å². The Balaban J connectivity index is 4.33. The van der Waals surface area contributed by atoms with Gasteiger partial charge in [0.1, 0.15) is 0 Å². The Bertz CT molecular complexity index is 269. The molecule has 0 aromatic rings. The molecule has 0 heterocycles. The molecule has 1 unspecified atom stereocenters. The molecule has 3 nitrogen and oxygen atoms in total. The van der Waals surface area contributed by atoms with Gasteiger partial charge in [-0.2, -0.15) is 0 Å². The summed E-state index contributed by atoms with van der Waals surface area (Å²) in [6, 6.07) is 0. The molecule has 0 aliphatic rings. The van der Waals surface area contributed by atoms with E-state index in [2.05, 4.69) is 46.9 Å². The average Bonchev–Trinajstić information content (AvgIpc) is 2.26. The molecule has 1 atom stereocenters. The normalized spacial score (nSPS) is 14.2. The van der Waals surface area contributed by atoms with Crippen LogP contribution in [-0.4, -0.2) is 11.5 Å². The van der Waals surface area contributed by atoms with Gasteiger partial charge in [-0.3, -0.25) is 5.41 Å². The van der Waals surface area contributed by atoms with Crippen molar-refractivity contribution in [1.82, 2.24) is 5.32 Å². The second-order valence-corrected chi connectivity index (χ2v) is 6.99. The first-order valence-corrected chi connectivity index (χ1v) is 7.77. The van der Waals surface area contributed by atoms with Crippen molar-refractivity contribution in [3.05, 3.63) is 0 Å². The molecule has 0 radical (unpaired) electrons. The SMILES string of the molecule is CCCCCCCC(C)C(C)(C)C(C)(C)NC(=N)N. The van der Waals surface area contributed by atoms with Crippen molar-refractivity contribution in [2.45, 2.75) is 85.6 Å². The summed E-state index contributed by atoms with van der Waals surface area (Å²) in [5.74, 6) is 0.671. The summed E-state index contributed by atoms with van der Waals surface area (Å²) in [5, 5.41) is 10.6. The minimum atomic E-state index is -0.165. The van der Waals surface area contributed by atoms with E-state index in [1.807, 2.05) is 0 Å². The van der Waals surface area contributed by atoms with Crippen LogP contribution in [0.3, 0.4) is 0 Å². The maximum atomic E-state index is 7.45. The highest BCUT2D eigenvalue weighted by Crippen LogP contribution is 2.40. The van der Waals surface area contributed by atoms with Crippen LogP contribution in [0.4, 0.5) is 0 Å². The molecule has 0 aromatic heterocycles. The van der Waals surface area contributed by atoms with Crippen molar-refractivity contribution >= 4 is 5.96 Å². The quantitative estimate of drug-likeness (QED) is 0.332. The Labute approximate surface area is 120 Å². The summed E-state index contributed by atoms with van der Waals surface area (Å²) < 4.78 is 0. The van der Waals surface area contributed by atoms with E-state index < -0.39 is 0 Å². The highest BCUT2D eigenvalue weighted by atomic mass is 15.1. The minimum Gasteiger partial charge on any atom is -0.370 e. The van der Waals surface area contributed by atoms with E-state index in [1.165, 1.54) is 38.5 Å². The van der Waals surface area contributed by atoms with Gasteiger partial charge in [-0.1, -0.05) is 66.2 Å². The van der Waals surface area contributed by atoms with Gasteiger partial charge in [-0.25, -0.2) is 0 Å². The zero-order chi connectivity index (χ0) is 15.1. The Kier molecular flexibility index (Phi) is 7.46. The summed E-state index contributed by atoms with van der Waals surface area (Å²) in [7, 11) is 0. The number of hydrogen-bond donors (Lipinski definition) is 3. The Morgan fingerprint density at radius 3 is 2.11 bits per heavy atom. The molecule has 4 N–H and O–H groups in total. The number of nitrogens with two attached hydrogens (primary N) is 1. The van der Waals surface area contributed by atoms with E-state index in [9.17, 15) is 0 Å². The Hall–Kier alpha value is -0.730. The van der Waals surface area contributed by atoms with Crippen molar-refractivity contribution < 1.29 is 0 Å². The van der Waals surface area contributed by atoms with Crippen LogP contribution in [0.25, 0.3) is 0 Å². The molecule has 3 heteroatoms. The summed E-state index contributed by atoms with van der Waals surface area (Å²) >= 11 is 0. The molecule has 0 aliphatic carbocycles. The second-order valence-electron chi connectivity index (χ2n) is 6.99. The standard InChI is InChI=1S/C16H35N3/c1-7-8-9-10-11-12-13(2)15(3,4)16(5,6)19-14(17)18/h13H,7-12H2,1-6H3,(H4,17,18,19). The fourth-order valence-corrected chi connectivity index (χ4v) is 2.53. The van der Waals surface area contributed by atoms with Gasteiger partial charge in [0.2, 0.25) is 0 Å². The first-order chi connectivity index (χ1) is 8.65. The van der Waals surface area contributed by atoms with E-state index in [4.69, 9.17) is 11.1 Å². The van der Waals surface area contributed by atoms with Crippen LogP contribution in [0.5, 0.6) is 0 Å². The van der Waals surface area contributed by atoms with Gasteiger partial charge < -0.3 is 11.1 Å². The summed E-state index contributed by atoms with van der Waals surface area (Å²) in [5.41, 5.74) is 5.44. The van der Waals surface area contributed by atoms with Gasteiger partial charge in [0.05, 0.1) is 0 Å². The molecule has 0 saturated heterocycles. The van der Waals surface area contributed by atoms with Crippen molar-refractivity contribution in [1.29, 1.82) is 5.41 Å². The molecule has 0 spiro atoms. The van der Waals surface area contributed by atoms with E-state index in [-0.39, 0.29) is 16.9 Å². The van der Waals surface area contributed by atoms with Crippen LogP contribution >= 0.6 is 0 Å². The lowest BCUT2D eigenvalue weighted by molar-refractivity contribution is 0.0948. The van der Waals surface area contributed by atoms with Gasteiger partial charge in [-0.15, -0.1) is 0 Å². The zero-order valence-electron chi connectivity index (χ0n) is 13.9. The highest BCUT2D eigenvalue weighted by molar-refractivity contribution is 5.75. The van der Waals surface area contributed by atoms with Gasteiger partial charge >= 0.3 is 0 Å². The van der Waals surface area contributed by atoms with Crippen LogP contribution in [0.1, 0.15) is 80.1 Å². The smallest absolute Gasteiger partial charge is 0.186 e. The first-order valence-electron chi connectivity index (χ1n) is 7.77. The predicted octanol–water partition coefficient (Wildman–Crippen LogP) is 4.27. The molecule has 0 saturated carbocycles. The van der Waals surface area contributed by atoms with E-state index in [1.54, 1.807) is 0 Å². The average molecular weight is 269 g/mol.